The first-order valence-corrected chi connectivity index (χ1v) is 9.85. The normalized spacial score (nSPS) is 23.1. The van der Waals surface area contributed by atoms with E-state index in [0.717, 1.165) is 25.7 Å². The van der Waals surface area contributed by atoms with Crippen molar-refractivity contribution >= 4 is 10.0 Å². The second kappa shape index (κ2) is 6.25. The third kappa shape index (κ3) is 2.73. The van der Waals surface area contributed by atoms with Crippen LogP contribution in [0.25, 0.3) is 0 Å². The minimum atomic E-state index is -3.62. The summed E-state index contributed by atoms with van der Waals surface area (Å²) in [4.78, 5) is 4.14. The molecule has 2 fully saturated rings. The zero-order valence-corrected chi connectivity index (χ0v) is 14.2. The van der Waals surface area contributed by atoms with E-state index < -0.39 is 10.0 Å². The second-order valence-electron chi connectivity index (χ2n) is 6.42. The Bertz CT molecular complexity index is 802. The van der Waals surface area contributed by atoms with Gasteiger partial charge in [0.1, 0.15) is 10.9 Å². The summed E-state index contributed by atoms with van der Waals surface area (Å²) in [5, 5.41) is 8.31. The summed E-state index contributed by atoms with van der Waals surface area (Å²) in [6.45, 7) is 0.461. The Morgan fingerprint density at radius 3 is 2.62 bits per heavy atom. The lowest BCUT2D eigenvalue weighted by Crippen LogP contribution is -2.38. The molecule has 8 heteroatoms. The Hall–Kier alpha value is -1.80. The molecule has 128 valence electrons. The summed E-state index contributed by atoms with van der Waals surface area (Å²) in [6.07, 6.45) is 8.77. The number of sulfonamides is 1. The third-order valence-corrected chi connectivity index (χ3v) is 6.78. The maximum atomic E-state index is 13.0. The molecule has 0 spiro atoms. The van der Waals surface area contributed by atoms with Crippen LogP contribution < -0.4 is 0 Å². The predicted molar refractivity (Wildman–Crippen MR) is 85.6 cm³/mol. The van der Waals surface area contributed by atoms with Crippen molar-refractivity contribution in [3.05, 3.63) is 36.3 Å². The zero-order valence-electron chi connectivity index (χ0n) is 13.3. The molecule has 2 aromatic heterocycles. The fourth-order valence-electron chi connectivity index (χ4n) is 3.28. The molecule has 0 radical (unpaired) electrons. The standard InChI is InChI=1S/C16H20N4O3S/c21-24(22,13-7-4-9-17-11-13)20-10-2-1-8-14(20)16-19-18-15(23-16)12-5-3-6-12/h4,7,9,11-12,14H,1-3,5-6,8,10H2. The zero-order chi connectivity index (χ0) is 16.6. The lowest BCUT2D eigenvalue weighted by molar-refractivity contribution is 0.210. The van der Waals surface area contributed by atoms with E-state index in [1.165, 1.54) is 16.9 Å². The summed E-state index contributed by atoms with van der Waals surface area (Å²) < 4.78 is 33.3. The molecule has 7 nitrogen and oxygen atoms in total. The molecule has 0 amide bonds. The predicted octanol–water partition coefficient (Wildman–Crippen LogP) is 2.65. The van der Waals surface area contributed by atoms with Gasteiger partial charge in [-0.2, -0.15) is 4.31 Å². The van der Waals surface area contributed by atoms with Gasteiger partial charge in [0, 0.05) is 24.9 Å². The van der Waals surface area contributed by atoms with Crippen molar-refractivity contribution in [1.29, 1.82) is 0 Å². The van der Waals surface area contributed by atoms with Crippen LogP contribution in [0, 0.1) is 0 Å². The molecule has 2 aliphatic rings. The second-order valence-corrected chi connectivity index (χ2v) is 8.31. The van der Waals surface area contributed by atoms with E-state index in [0.29, 0.717) is 30.7 Å². The van der Waals surface area contributed by atoms with Gasteiger partial charge in [-0.3, -0.25) is 4.98 Å². The molecule has 4 rings (SSSR count). The molecule has 0 N–H and O–H groups in total. The van der Waals surface area contributed by atoms with Crippen LogP contribution in [-0.4, -0.2) is 34.4 Å². The minimum Gasteiger partial charge on any atom is -0.423 e. The highest BCUT2D eigenvalue weighted by Crippen LogP contribution is 2.39. The van der Waals surface area contributed by atoms with Crippen LogP contribution in [-0.2, 0) is 10.0 Å². The number of hydrogen-bond donors (Lipinski definition) is 0. The molecule has 1 atom stereocenters. The Kier molecular flexibility index (Phi) is 4.09. The number of nitrogens with zero attached hydrogens (tertiary/aromatic N) is 4. The van der Waals surface area contributed by atoms with Crippen molar-refractivity contribution in [1.82, 2.24) is 19.5 Å². The lowest BCUT2D eigenvalue weighted by Gasteiger charge is -2.32. The fraction of sp³-hybridized carbons (Fsp3) is 0.562. The van der Waals surface area contributed by atoms with E-state index in [9.17, 15) is 8.42 Å². The van der Waals surface area contributed by atoms with Gasteiger partial charge in [0.05, 0.1) is 0 Å². The topological polar surface area (TPSA) is 89.2 Å². The van der Waals surface area contributed by atoms with Crippen LogP contribution >= 0.6 is 0 Å². The van der Waals surface area contributed by atoms with Gasteiger partial charge < -0.3 is 4.42 Å². The average molecular weight is 348 g/mol. The molecule has 1 unspecified atom stereocenters. The molecular weight excluding hydrogens is 328 g/mol. The summed E-state index contributed by atoms with van der Waals surface area (Å²) in [5.41, 5.74) is 0. The fourth-order valence-corrected chi connectivity index (χ4v) is 4.89. The number of rotatable bonds is 4. The van der Waals surface area contributed by atoms with Crippen molar-refractivity contribution < 1.29 is 12.8 Å². The monoisotopic (exact) mass is 348 g/mol. The number of aromatic nitrogens is 3. The molecule has 1 saturated carbocycles. The largest absolute Gasteiger partial charge is 0.423 e. The van der Waals surface area contributed by atoms with Gasteiger partial charge in [0.25, 0.3) is 0 Å². The van der Waals surface area contributed by atoms with Crippen LogP contribution in [0.2, 0.25) is 0 Å². The van der Waals surface area contributed by atoms with E-state index in [1.54, 1.807) is 18.3 Å². The molecule has 0 bridgehead atoms. The Morgan fingerprint density at radius 2 is 1.92 bits per heavy atom. The lowest BCUT2D eigenvalue weighted by atomic mass is 9.85. The summed E-state index contributed by atoms with van der Waals surface area (Å²) in [7, 11) is -3.62. The number of piperidine rings is 1. The van der Waals surface area contributed by atoms with Crippen molar-refractivity contribution in [2.75, 3.05) is 6.54 Å². The van der Waals surface area contributed by atoms with Crippen LogP contribution in [0.3, 0.4) is 0 Å². The van der Waals surface area contributed by atoms with Gasteiger partial charge in [-0.1, -0.05) is 12.8 Å². The van der Waals surface area contributed by atoms with Crippen molar-refractivity contribution in [3.63, 3.8) is 0 Å². The quantitative estimate of drug-likeness (QED) is 0.844. The van der Waals surface area contributed by atoms with Gasteiger partial charge in [-0.05, 0) is 37.8 Å². The van der Waals surface area contributed by atoms with Gasteiger partial charge in [0.2, 0.25) is 21.8 Å². The number of hydrogen-bond acceptors (Lipinski definition) is 6. The van der Waals surface area contributed by atoms with Crippen LogP contribution in [0.1, 0.15) is 62.3 Å². The highest BCUT2D eigenvalue weighted by molar-refractivity contribution is 7.89. The minimum absolute atomic E-state index is 0.204. The maximum absolute atomic E-state index is 13.0. The van der Waals surface area contributed by atoms with Crippen LogP contribution in [0.5, 0.6) is 0 Å². The SMILES string of the molecule is O=S(=O)(c1cccnc1)N1CCCCC1c1nnc(C2CCC2)o1. The first-order valence-electron chi connectivity index (χ1n) is 8.41. The van der Waals surface area contributed by atoms with Crippen molar-refractivity contribution in [2.24, 2.45) is 0 Å². The van der Waals surface area contributed by atoms with E-state index >= 15 is 0 Å². The Morgan fingerprint density at radius 1 is 1.08 bits per heavy atom. The van der Waals surface area contributed by atoms with Gasteiger partial charge in [-0.25, -0.2) is 8.42 Å². The first kappa shape index (κ1) is 15.7. The average Bonchev–Trinajstić information content (AvgIpc) is 3.03. The molecule has 2 aromatic rings. The highest BCUT2D eigenvalue weighted by atomic mass is 32.2. The van der Waals surface area contributed by atoms with Gasteiger partial charge in [0.15, 0.2) is 0 Å². The van der Waals surface area contributed by atoms with Crippen LogP contribution in [0.15, 0.2) is 33.8 Å². The summed E-state index contributed by atoms with van der Waals surface area (Å²) in [6, 6.07) is 2.82. The van der Waals surface area contributed by atoms with Crippen molar-refractivity contribution in [3.8, 4) is 0 Å². The molecule has 0 aromatic carbocycles. The van der Waals surface area contributed by atoms with E-state index in [2.05, 4.69) is 15.2 Å². The Balaban J connectivity index is 1.64. The highest BCUT2D eigenvalue weighted by Gasteiger charge is 2.38. The van der Waals surface area contributed by atoms with Gasteiger partial charge >= 0.3 is 0 Å². The van der Waals surface area contributed by atoms with Crippen LogP contribution in [0.4, 0.5) is 0 Å². The molecule has 1 aliphatic heterocycles. The maximum Gasteiger partial charge on any atom is 0.245 e. The number of pyridine rings is 1. The third-order valence-electron chi connectivity index (χ3n) is 4.89. The van der Waals surface area contributed by atoms with E-state index in [4.69, 9.17) is 4.42 Å². The van der Waals surface area contributed by atoms with Gasteiger partial charge in [-0.15, -0.1) is 10.2 Å². The molecular formula is C16H20N4O3S. The first-order chi connectivity index (χ1) is 11.7. The molecule has 24 heavy (non-hydrogen) atoms. The molecule has 1 aliphatic carbocycles. The van der Waals surface area contributed by atoms with E-state index in [-0.39, 0.29) is 10.9 Å². The Labute approximate surface area is 141 Å². The van der Waals surface area contributed by atoms with Crippen molar-refractivity contribution in [2.45, 2.75) is 55.4 Å². The summed E-state index contributed by atoms with van der Waals surface area (Å²) in [5.74, 6) is 1.42. The summed E-state index contributed by atoms with van der Waals surface area (Å²) >= 11 is 0. The molecule has 3 heterocycles. The smallest absolute Gasteiger partial charge is 0.245 e. The molecule has 1 saturated heterocycles. The van der Waals surface area contributed by atoms with E-state index in [1.807, 2.05) is 0 Å².